The van der Waals surface area contributed by atoms with Gasteiger partial charge < -0.3 is 10.5 Å². The molecule has 0 aromatic carbocycles. The summed E-state index contributed by atoms with van der Waals surface area (Å²) in [6.07, 6.45) is 0.689. The van der Waals surface area contributed by atoms with E-state index in [0.717, 1.165) is 12.0 Å². The minimum Gasteiger partial charge on any atom is -0.492 e. The summed E-state index contributed by atoms with van der Waals surface area (Å²) < 4.78 is 44.0. The number of nitrogens with zero attached hydrogens (tertiary/aromatic N) is 1. The van der Waals surface area contributed by atoms with Gasteiger partial charge >= 0.3 is 6.18 Å². The van der Waals surface area contributed by atoms with E-state index in [2.05, 4.69) is 4.98 Å². The average molecular weight is 302 g/mol. The molecule has 0 amide bonds. The Balaban J connectivity index is 2.08. The van der Waals surface area contributed by atoms with Gasteiger partial charge in [0.25, 0.3) is 0 Å². The summed E-state index contributed by atoms with van der Waals surface area (Å²) in [6, 6.07) is 1.35. The quantitative estimate of drug-likeness (QED) is 0.919. The number of ether oxygens (including phenoxy) is 1. The van der Waals surface area contributed by atoms with Gasteiger partial charge in [0.15, 0.2) is 0 Å². The Hall–Kier alpha value is -1.30. The first-order chi connectivity index (χ1) is 9.91. The molecule has 3 atom stereocenters. The van der Waals surface area contributed by atoms with Crippen LogP contribution >= 0.6 is 0 Å². The molecule has 1 saturated carbocycles. The smallest absolute Gasteiger partial charge is 0.391 e. The number of nitrogens with two attached hydrogens (primary N) is 1. The fourth-order valence-electron chi connectivity index (χ4n) is 2.99. The van der Waals surface area contributed by atoms with Gasteiger partial charge in [0, 0.05) is 12.2 Å². The van der Waals surface area contributed by atoms with Gasteiger partial charge in [0.1, 0.15) is 5.75 Å². The summed E-state index contributed by atoms with van der Waals surface area (Å²) in [6.45, 7) is 2.38. The Labute approximate surface area is 122 Å². The third-order valence-corrected chi connectivity index (χ3v) is 4.12. The Bertz CT molecular complexity index is 464. The molecule has 6 heteroatoms. The van der Waals surface area contributed by atoms with Gasteiger partial charge in [-0.05, 0) is 43.7 Å². The Kier molecular flexibility index (Phi) is 5.08. The maximum atomic E-state index is 12.9. The van der Waals surface area contributed by atoms with E-state index in [1.165, 1.54) is 0 Å². The van der Waals surface area contributed by atoms with Crippen molar-refractivity contribution in [2.45, 2.75) is 44.8 Å². The number of alkyl halides is 3. The lowest BCUT2D eigenvalue weighted by molar-refractivity contribution is -0.186. The van der Waals surface area contributed by atoms with E-state index >= 15 is 0 Å². The highest BCUT2D eigenvalue weighted by atomic mass is 19.4. The van der Waals surface area contributed by atoms with Crippen LogP contribution in [-0.2, 0) is 0 Å². The maximum absolute atomic E-state index is 12.9. The third-order valence-electron chi connectivity index (χ3n) is 4.12. The molecule has 0 bridgehead atoms. The fourth-order valence-corrected chi connectivity index (χ4v) is 2.99. The van der Waals surface area contributed by atoms with E-state index in [4.69, 9.17) is 10.5 Å². The van der Waals surface area contributed by atoms with E-state index in [0.29, 0.717) is 18.8 Å². The zero-order chi connectivity index (χ0) is 15.5. The van der Waals surface area contributed by atoms with Gasteiger partial charge in [-0.15, -0.1) is 0 Å². The van der Waals surface area contributed by atoms with Crippen LogP contribution in [0.4, 0.5) is 13.2 Å². The average Bonchev–Trinajstić information content (AvgIpc) is 2.46. The van der Waals surface area contributed by atoms with Crippen molar-refractivity contribution in [1.29, 1.82) is 0 Å². The van der Waals surface area contributed by atoms with Crippen LogP contribution in [0.25, 0.3) is 0 Å². The van der Waals surface area contributed by atoms with E-state index in [1.54, 1.807) is 18.5 Å². The van der Waals surface area contributed by atoms with Crippen LogP contribution in [0.1, 0.15) is 44.2 Å². The summed E-state index contributed by atoms with van der Waals surface area (Å²) in [7, 11) is 0. The molecule has 118 valence electrons. The monoisotopic (exact) mass is 302 g/mol. The number of aromatic nitrogens is 1. The minimum atomic E-state index is -4.12. The predicted molar refractivity (Wildman–Crippen MR) is 73.8 cm³/mol. The normalized spacial score (nSPS) is 24.6. The fraction of sp³-hybridized carbons (Fsp3) is 0.667. The van der Waals surface area contributed by atoms with E-state index in [9.17, 15) is 13.2 Å². The second-order valence-electron chi connectivity index (χ2n) is 5.58. The molecule has 1 fully saturated rings. The lowest BCUT2D eigenvalue weighted by Gasteiger charge is -2.33. The summed E-state index contributed by atoms with van der Waals surface area (Å²) in [5.41, 5.74) is 6.92. The van der Waals surface area contributed by atoms with Crippen molar-refractivity contribution in [2.24, 2.45) is 17.6 Å². The van der Waals surface area contributed by atoms with Crippen molar-refractivity contribution in [3.05, 3.63) is 24.0 Å². The molecule has 1 aromatic heterocycles. The second kappa shape index (κ2) is 6.64. The molecule has 2 N–H and O–H groups in total. The first-order valence-corrected chi connectivity index (χ1v) is 7.31. The highest BCUT2D eigenvalue weighted by molar-refractivity contribution is 5.26. The van der Waals surface area contributed by atoms with Gasteiger partial charge in [-0.25, -0.2) is 0 Å². The van der Waals surface area contributed by atoms with Crippen LogP contribution in [-0.4, -0.2) is 17.8 Å². The Morgan fingerprint density at radius 3 is 2.81 bits per heavy atom. The molecule has 2 rings (SSSR count). The highest BCUT2D eigenvalue weighted by Crippen LogP contribution is 2.43. The zero-order valence-corrected chi connectivity index (χ0v) is 12.1. The summed E-state index contributed by atoms with van der Waals surface area (Å²) in [5, 5.41) is 0. The third kappa shape index (κ3) is 4.09. The molecule has 1 aliphatic rings. The molecule has 3 unspecified atom stereocenters. The zero-order valence-electron chi connectivity index (χ0n) is 12.1. The van der Waals surface area contributed by atoms with Crippen molar-refractivity contribution < 1.29 is 17.9 Å². The van der Waals surface area contributed by atoms with Gasteiger partial charge in [-0.1, -0.05) is 6.42 Å². The molecule has 1 heterocycles. The lowest BCUT2D eigenvalue weighted by Crippen LogP contribution is -2.33. The number of hydrogen-bond donors (Lipinski definition) is 1. The molecule has 3 nitrogen and oxygen atoms in total. The van der Waals surface area contributed by atoms with Crippen LogP contribution in [0.15, 0.2) is 18.5 Å². The first kappa shape index (κ1) is 16.1. The van der Waals surface area contributed by atoms with Gasteiger partial charge in [0.05, 0.1) is 18.7 Å². The maximum Gasteiger partial charge on any atom is 0.391 e. The van der Waals surface area contributed by atoms with Crippen LogP contribution in [0, 0.1) is 11.8 Å². The lowest BCUT2D eigenvalue weighted by atomic mass is 9.76. The van der Waals surface area contributed by atoms with Crippen molar-refractivity contribution >= 4 is 0 Å². The largest absolute Gasteiger partial charge is 0.492 e. The van der Waals surface area contributed by atoms with Gasteiger partial charge in [-0.2, -0.15) is 13.2 Å². The van der Waals surface area contributed by atoms with E-state index in [-0.39, 0.29) is 18.8 Å². The Morgan fingerprint density at radius 2 is 2.14 bits per heavy atom. The van der Waals surface area contributed by atoms with E-state index in [1.807, 2.05) is 6.92 Å². The summed E-state index contributed by atoms with van der Waals surface area (Å²) >= 11 is 0. The Morgan fingerprint density at radius 1 is 1.38 bits per heavy atom. The summed E-state index contributed by atoms with van der Waals surface area (Å²) in [5.74, 6) is -0.789. The molecule has 1 aromatic rings. The van der Waals surface area contributed by atoms with E-state index < -0.39 is 18.1 Å². The van der Waals surface area contributed by atoms with Crippen LogP contribution < -0.4 is 10.5 Å². The highest BCUT2D eigenvalue weighted by Gasteiger charge is 2.43. The SMILES string of the molecule is CCOc1cncc(C(N)C2CCCC(C(F)(F)F)C2)c1. The van der Waals surface area contributed by atoms with Gasteiger partial charge in [-0.3, -0.25) is 4.98 Å². The molecule has 21 heavy (non-hydrogen) atoms. The molecule has 1 aliphatic carbocycles. The molecule has 0 saturated heterocycles. The molecule has 0 spiro atoms. The number of rotatable bonds is 4. The number of pyridine rings is 1. The van der Waals surface area contributed by atoms with Crippen LogP contribution in [0.2, 0.25) is 0 Å². The standard InChI is InChI=1S/C15H21F3N2O/c1-2-21-13-7-11(8-20-9-13)14(19)10-4-3-5-12(6-10)15(16,17)18/h7-10,12,14H,2-6,19H2,1H3. The van der Waals surface area contributed by atoms with Crippen molar-refractivity contribution in [3.8, 4) is 5.75 Å². The molecular formula is C15H21F3N2O. The van der Waals surface area contributed by atoms with Crippen molar-refractivity contribution in [1.82, 2.24) is 4.98 Å². The van der Waals surface area contributed by atoms with Crippen LogP contribution in [0.3, 0.4) is 0 Å². The summed E-state index contributed by atoms with van der Waals surface area (Å²) in [4.78, 5) is 4.06. The first-order valence-electron chi connectivity index (χ1n) is 7.31. The minimum absolute atomic E-state index is 0.101. The van der Waals surface area contributed by atoms with Crippen LogP contribution in [0.5, 0.6) is 5.75 Å². The van der Waals surface area contributed by atoms with Crippen molar-refractivity contribution in [2.75, 3.05) is 6.61 Å². The number of halogens is 3. The molecule has 0 radical (unpaired) electrons. The molecule has 0 aliphatic heterocycles. The predicted octanol–water partition coefficient (Wildman–Crippen LogP) is 3.85. The molecular weight excluding hydrogens is 281 g/mol. The van der Waals surface area contributed by atoms with Crippen molar-refractivity contribution in [3.63, 3.8) is 0 Å². The second-order valence-corrected chi connectivity index (χ2v) is 5.58. The topological polar surface area (TPSA) is 48.1 Å². The number of hydrogen-bond acceptors (Lipinski definition) is 3. The van der Waals surface area contributed by atoms with Gasteiger partial charge in [0.2, 0.25) is 0 Å².